The van der Waals surface area contributed by atoms with Crippen molar-refractivity contribution in [3.05, 3.63) is 23.4 Å². The van der Waals surface area contributed by atoms with Gasteiger partial charge in [-0.1, -0.05) is 24.4 Å². The summed E-state index contributed by atoms with van der Waals surface area (Å²) >= 11 is 0. The highest BCUT2D eigenvalue weighted by atomic mass is 16.5. The molecule has 0 saturated heterocycles. The highest BCUT2D eigenvalue weighted by molar-refractivity contribution is 5.08. The lowest BCUT2D eigenvalue weighted by atomic mass is 9.80. The Morgan fingerprint density at radius 1 is 1.12 bits per heavy atom. The van der Waals surface area contributed by atoms with Crippen LogP contribution in [-0.4, -0.2) is 30.9 Å². The van der Waals surface area contributed by atoms with E-state index < -0.39 is 0 Å². The Kier molecular flexibility index (Phi) is 5.31. The Hall–Kier alpha value is -1.80. The molecule has 2 heterocycles. The summed E-state index contributed by atoms with van der Waals surface area (Å²) < 4.78 is 7.61. The fourth-order valence-corrected chi connectivity index (χ4v) is 4.15. The monoisotopic (exact) mass is 359 g/mol. The zero-order valence-corrected chi connectivity index (χ0v) is 15.5. The summed E-state index contributed by atoms with van der Waals surface area (Å²) in [5.74, 6) is 4.49. The van der Waals surface area contributed by atoms with Crippen molar-refractivity contribution in [1.82, 2.24) is 30.2 Å². The number of rotatable bonds is 7. The van der Waals surface area contributed by atoms with Gasteiger partial charge in [-0.3, -0.25) is 0 Å². The van der Waals surface area contributed by atoms with Crippen molar-refractivity contribution in [2.45, 2.75) is 89.4 Å². The van der Waals surface area contributed by atoms with Crippen LogP contribution in [0.15, 0.2) is 4.52 Å². The van der Waals surface area contributed by atoms with E-state index in [9.17, 15) is 0 Å². The Morgan fingerprint density at radius 2 is 1.92 bits per heavy atom. The van der Waals surface area contributed by atoms with Crippen LogP contribution in [0.5, 0.6) is 0 Å². The fourth-order valence-electron chi connectivity index (χ4n) is 4.15. The second-order valence-corrected chi connectivity index (χ2v) is 7.63. The van der Waals surface area contributed by atoms with Crippen molar-refractivity contribution in [3.63, 3.8) is 0 Å². The molecule has 0 spiro atoms. The summed E-state index contributed by atoms with van der Waals surface area (Å²) in [6.45, 7) is 4.20. The van der Waals surface area contributed by atoms with Crippen LogP contribution in [0, 0.1) is 0 Å². The van der Waals surface area contributed by atoms with Crippen LogP contribution in [0.25, 0.3) is 0 Å². The van der Waals surface area contributed by atoms with Crippen LogP contribution in [0.1, 0.15) is 87.1 Å². The van der Waals surface area contributed by atoms with Gasteiger partial charge in [0.1, 0.15) is 11.6 Å². The minimum absolute atomic E-state index is 0.319. The normalized spacial score (nSPS) is 23.9. The molecule has 2 aliphatic rings. The van der Waals surface area contributed by atoms with Crippen molar-refractivity contribution < 1.29 is 4.52 Å². The van der Waals surface area contributed by atoms with Crippen molar-refractivity contribution in [1.29, 1.82) is 0 Å². The van der Waals surface area contributed by atoms with E-state index in [1.165, 1.54) is 32.1 Å². The maximum atomic E-state index is 5.91. The van der Waals surface area contributed by atoms with E-state index in [0.29, 0.717) is 36.9 Å². The molecule has 2 aromatic heterocycles. The average molecular weight is 359 g/mol. The summed E-state index contributed by atoms with van der Waals surface area (Å²) in [4.78, 5) is 4.57. The molecule has 26 heavy (non-hydrogen) atoms. The largest absolute Gasteiger partial charge is 0.338 e. The molecule has 2 aliphatic carbocycles. The van der Waals surface area contributed by atoms with E-state index in [1.54, 1.807) is 0 Å². The minimum atomic E-state index is 0.319. The first-order valence-corrected chi connectivity index (χ1v) is 9.95. The topological polar surface area (TPSA) is 108 Å². The Morgan fingerprint density at radius 3 is 2.65 bits per heavy atom. The molecule has 3 N–H and O–H groups in total. The van der Waals surface area contributed by atoms with E-state index >= 15 is 0 Å². The number of nitrogens with two attached hydrogens (primary N) is 1. The Balaban J connectivity index is 1.31. The third-order valence-electron chi connectivity index (χ3n) is 5.73. The first-order chi connectivity index (χ1) is 12.7. The van der Waals surface area contributed by atoms with Gasteiger partial charge >= 0.3 is 0 Å². The highest BCUT2D eigenvalue weighted by Gasteiger charge is 2.31. The summed E-state index contributed by atoms with van der Waals surface area (Å²) in [7, 11) is 0. The summed E-state index contributed by atoms with van der Waals surface area (Å²) in [5.41, 5.74) is 5.91. The molecule has 0 atom stereocenters. The Bertz CT molecular complexity index is 713. The lowest BCUT2D eigenvalue weighted by Crippen LogP contribution is -2.36. The van der Waals surface area contributed by atoms with Gasteiger partial charge in [0.15, 0.2) is 5.82 Å². The number of nitrogens with one attached hydrogen (secondary N) is 1. The number of hydrogen-bond acceptors (Lipinski definition) is 7. The summed E-state index contributed by atoms with van der Waals surface area (Å²) in [6.07, 6.45) is 8.26. The van der Waals surface area contributed by atoms with Gasteiger partial charge in [0.05, 0.1) is 13.1 Å². The van der Waals surface area contributed by atoms with E-state index in [1.807, 2.05) is 0 Å². The highest BCUT2D eigenvalue weighted by Crippen LogP contribution is 2.34. The molecule has 142 valence electrons. The standard InChI is InChI=1S/C18H29N7O/c1-2-25-15(22-23-18(25)13-8-14(19)9-13)10-20-11-16-21-17(24-26-16)12-6-4-3-5-7-12/h12-14,20H,2-11,19H2,1H3. The van der Waals surface area contributed by atoms with Crippen LogP contribution >= 0.6 is 0 Å². The lowest BCUT2D eigenvalue weighted by molar-refractivity contribution is 0.328. The first-order valence-electron chi connectivity index (χ1n) is 9.95. The molecule has 2 fully saturated rings. The van der Waals surface area contributed by atoms with Crippen LogP contribution in [0.4, 0.5) is 0 Å². The number of aromatic nitrogens is 5. The molecule has 0 aliphatic heterocycles. The molecule has 2 saturated carbocycles. The van der Waals surface area contributed by atoms with E-state index in [-0.39, 0.29) is 0 Å². The van der Waals surface area contributed by atoms with Crippen LogP contribution in [-0.2, 0) is 19.6 Å². The molecule has 4 rings (SSSR count). The van der Waals surface area contributed by atoms with Crippen LogP contribution < -0.4 is 11.1 Å². The van der Waals surface area contributed by atoms with Crippen LogP contribution in [0.2, 0.25) is 0 Å². The van der Waals surface area contributed by atoms with E-state index in [4.69, 9.17) is 10.3 Å². The third kappa shape index (κ3) is 3.66. The third-order valence-corrected chi connectivity index (χ3v) is 5.73. The number of hydrogen-bond donors (Lipinski definition) is 2. The lowest BCUT2D eigenvalue weighted by Gasteiger charge is -2.31. The maximum Gasteiger partial charge on any atom is 0.240 e. The summed E-state index contributed by atoms with van der Waals surface area (Å²) in [6, 6.07) is 0.319. The molecule has 2 aromatic rings. The number of nitrogens with zero attached hydrogens (tertiary/aromatic N) is 5. The molecule has 8 nitrogen and oxygen atoms in total. The van der Waals surface area contributed by atoms with Gasteiger partial charge in [-0.25, -0.2) is 0 Å². The van der Waals surface area contributed by atoms with Crippen LogP contribution in [0.3, 0.4) is 0 Å². The molecule has 0 aromatic carbocycles. The molecular formula is C18H29N7O. The van der Waals surface area contributed by atoms with Gasteiger partial charge < -0.3 is 20.1 Å². The maximum absolute atomic E-state index is 5.91. The predicted molar refractivity (Wildman–Crippen MR) is 96.3 cm³/mol. The molecule has 0 radical (unpaired) electrons. The van der Waals surface area contributed by atoms with E-state index in [2.05, 4.69) is 37.1 Å². The van der Waals surface area contributed by atoms with Crippen molar-refractivity contribution >= 4 is 0 Å². The van der Waals surface area contributed by atoms with Gasteiger partial charge in [-0.05, 0) is 32.6 Å². The molecular weight excluding hydrogens is 330 g/mol. The van der Waals surface area contributed by atoms with Gasteiger partial charge in [0, 0.05) is 24.4 Å². The molecule has 0 unspecified atom stereocenters. The fraction of sp³-hybridized carbons (Fsp3) is 0.778. The van der Waals surface area contributed by atoms with Crippen molar-refractivity contribution in [2.75, 3.05) is 0 Å². The van der Waals surface area contributed by atoms with Gasteiger partial charge in [0.25, 0.3) is 0 Å². The van der Waals surface area contributed by atoms with Crippen molar-refractivity contribution in [3.8, 4) is 0 Å². The molecule has 0 amide bonds. The SMILES string of the molecule is CCn1c(CNCc2nc(C3CCCCC3)no2)nnc1C1CC(N)C1. The minimum Gasteiger partial charge on any atom is -0.338 e. The molecule has 8 heteroatoms. The quantitative estimate of drug-likeness (QED) is 0.780. The first kappa shape index (κ1) is 17.6. The van der Waals surface area contributed by atoms with Gasteiger partial charge in [0.2, 0.25) is 5.89 Å². The zero-order valence-electron chi connectivity index (χ0n) is 15.5. The second-order valence-electron chi connectivity index (χ2n) is 7.63. The van der Waals surface area contributed by atoms with Gasteiger partial charge in [-0.15, -0.1) is 10.2 Å². The average Bonchev–Trinajstić information content (AvgIpc) is 3.27. The Labute approximate surface area is 153 Å². The predicted octanol–water partition coefficient (Wildman–Crippen LogP) is 2.22. The molecule has 0 bridgehead atoms. The van der Waals surface area contributed by atoms with E-state index in [0.717, 1.165) is 36.9 Å². The smallest absolute Gasteiger partial charge is 0.240 e. The summed E-state index contributed by atoms with van der Waals surface area (Å²) in [5, 5.41) is 16.3. The van der Waals surface area contributed by atoms with Gasteiger partial charge in [-0.2, -0.15) is 4.98 Å². The zero-order chi connectivity index (χ0) is 17.9. The second kappa shape index (κ2) is 7.84. The van der Waals surface area contributed by atoms with Crippen molar-refractivity contribution in [2.24, 2.45) is 5.73 Å².